The molecular weight excluding hydrogens is 261 g/mol. The van der Waals surface area contributed by atoms with Gasteiger partial charge in [0.15, 0.2) is 0 Å². The lowest BCUT2D eigenvalue weighted by atomic mass is 9.95. The van der Waals surface area contributed by atoms with Gasteiger partial charge in [-0.3, -0.25) is 0 Å². The Balaban J connectivity index is 1.96. The SMILES string of the molecule is CC(CCCC(F)(F)F)(NC1CC1)c1nccs1. The summed E-state index contributed by atoms with van der Waals surface area (Å²) in [6, 6.07) is 0.449. The molecule has 1 aromatic heterocycles. The smallest absolute Gasteiger partial charge is 0.303 e. The molecule has 1 aromatic rings. The number of rotatable bonds is 6. The summed E-state index contributed by atoms with van der Waals surface area (Å²) in [5.41, 5.74) is -0.416. The molecule has 0 spiro atoms. The summed E-state index contributed by atoms with van der Waals surface area (Å²) in [6.45, 7) is 1.96. The summed E-state index contributed by atoms with van der Waals surface area (Å²) >= 11 is 1.50. The molecule has 0 bridgehead atoms. The van der Waals surface area contributed by atoms with Gasteiger partial charge in [-0.2, -0.15) is 13.2 Å². The lowest BCUT2D eigenvalue weighted by molar-refractivity contribution is -0.136. The molecule has 1 atom stereocenters. The fraction of sp³-hybridized carbons (Fsp3) is 0.750. The van der Waals surface area contributed by atoms with Crippen LogP contribution in [0.3, 0.4) is 0 Å². The second-order valence-electron chi connectivity index (χ2n) is 5.06. The molecule has 0 saturated heterocycles. The Kier molecular flexibility index (Phi) is 3.96. The van der Waals surface area contributed by atoms with Crippen LogP contribution in [0.25, 0.3) is 0 Å². The zero-order valence-corrected chi connectivity index (χ0v) is 11.1. The molecule has 2 rings (SSSR count). The van der Waals surface area contributed by atoms with Crippen LogP contribution < -0.4 is 5.32 Å². The van der Waals surface area contributed by atoms with Gasteiger partial charge in [0.2, 0.25) is 0 Å². The maximum Gasteiger partial charge on any atom is 0.389 e. The highest BCUT2D eigenvalue weighted by molar-refractivity contribution is 7.09. The van der Waals surface area contributed by atoms with Crippen molar-refractivity contribution in [1.29, 1.82) is 0 Å². The minimum absolute atomic E-state index is 0.138. The van der Waals surface area contributed by atoms with Crippen LogP contribution in [0.15, 0.2) is 11.6 Å². The first-order valence-electron chi connectivity index (χ1n) is 6.13. The van der Waals surface area contributed by atoms with Crippen molar-refractivity contribution in [1.82, 2.24) is 10.3 Å². The topological polar surface area (TPSA) is 24.9 Å². The van der Waals surface area contributed by atoms with Crippen LogP contribution in [0.2, 0.25) is 0 Å². The van der Waals surface area contributed by atoms with E-state index in [1.54, 1.807) is 6.20 Å². The van der Waals surface area contributed by atoms with E-state index in [2.05, 4.69) is 10.3 Å². The minimum Gasteiger partial charge on any atom is -0.303 e. The first kappa shape index (κ1) is 13.8. The van der Waals surface area contributed by atoms with Gasteiger partial charge in [-0.25, -0.2) is 4.98 Å². The molecule has 1 fully saturated rings. The first-order valence-corrected chi connectivity index (χ1v) is 7.01. The number of hydrogen-bond acceptors (Lipinski definition) is 3. The van der Waals surface area contributed by atoms with Crippen molar-refractivity contribution in [3.63, 3.8) is 0 Å². The Morgan fingerprint density at radius 3 is 2.61 bits per heavy atom. The van der Waals surface area contributed by atoms with E-state index in [4.69, 9.17) is 0 Å². The fourth-order valence-corrected chi connectivity index (χ4v) is 2.85. The summed E-state index contributed by atoms with van der Waals surface area (Å²) in [7, 11) is 0. The maximum atomic E-state index is 12.2. The van der Waals surface area contributed by atoms with E-state index < -0.39 is 18.1 Å². The predicted octanol–water partition coefficient (Wildman–Crippen LogP) is 3.84. The minimum atomic E-state index is -4.07. The van der Waals surface area contributed by atoms with Crippen molar-refractivity contribution in [3.8, 4) is 0 Å². The molecule has 1 aliphatic carbocycles. The second-order valence-corrected chi connectivity index (χ2v) is 5.95. The van der Waals surface area contributed by atoms with Crippen LogP contribution in [0.1, 0.15) is 44.0 Å². The highest BCUT2D eigenvalue weighted by atomic mass is 32.1. The monoisotopic (exact) mass is 278 g/mol. The summed E-state index contributed by atoms with van der Waals surface area (Å²) in [5, 5.41) is 6.19. The average Bonchev–Trinajstić information content (AvgIpc) is 2.88. The summed E-state index contributed by atoms with van der Waals surface area (Å²) < 4.78 is 36.6. The van der Waals surface area contributed by atoms with E-state index in [-0.39, 0.29) is 6.42 Å². The van der Waals surface area contributed by atoms with Gasteiger partial charge in [-0.1, -0.05) is 0 Å². The molecule has 1 heterocycles. The summed E-state index contributed by atoms with van der Waals surface area (Å²) in [5.74, 6) is 0. The third-order valence-corrected chi connectivity index (χ3v) is 4.18. The van der Waals surface area contributed by atoms with Gasteiger partial charge in [0.1, 0.15) is 5.01 Å². The number of halogens is 3. The van der Waals surface area contributed by atoms with Crippen LogP contribution in [0.4, 0.5) is 13.2 Å². The average molecular weight is 278 g/mol. The standard InChI is InChI=1S/C12H17F3N2S/c1-11(17-9-3-4-9,10-16-7-8-18-10)5-2-6-12(13,14)15/h7-9,17H,2-6H2,1H3. The van der Waals surface area contributed by atoms with Crippen molar-refractivity contribution < 1.29 is 13.2 Å². The van der Waals surface area contributed by atoms with Crippen molar-refractivity contribution in [2.45, 2.75) is 56.8 Å². The van der Waals surface area contributed by atoms with Gasteiger partial charge in [0.25, 0.3) is 0 Å². The molecule has 18 heavy (non-hydrogen) atoms. The van der Waals surface area contributed by atoms with Gasteiger partial charge < -0.3 is 5.32 Å². The van der Waals surface area contributed by atoms with E-state index in [1.807, 2.05) is 12.3 Å². The summed E-state index contributed by atoms with van der Waals surface area (Å²) in [4.78, 5) is 4.26. The van der Waals surface area contributed by atoms with Gasteiger partial charge in [0.05, 0.1) is 5.54 Å². The first-order chi connectivity index (χ1) is 8.39. The zero-order chi connectivity index (χ0) is 13.2. The molecule has 0 aliphatic heterocycles. The Hall–Kier alpha value is -0.620. The predicted molar refractivity (Wildman–Crippen MR) is 65.5 cm³/mol. The molecule has 1 unspecified atom stereocenters. The van der Waals surface area contributed by atoms with Gasteiger partial charge in [0, 0.05) is 24.0 Å². The van der Waals surface area contributed by atoms with Crippen LogP contribution in [0.5, 0.6) is 0 Å². The normalized spacial score (nSPS) is 19.8. The Bertz CT molecular complexity index is 373. The van der Waals surface area contributed by atoms with Gasteiger partial charge in [-0.05, 0) is 32.6 Å². The quantitative estimate of drug-likeness (QED) is 0.855. The van der Waals surface area contributed by atoms with Crippen molar-refractivity contribution in [3.05, 3.63) is 16.6 Å². The number of nitrogens with one attached hydrogen (secondary N) is 1. The van der Waals surface area contributed by atoms with Gasteiger partial charge in [-0.15, -0.1) is 11.3 Å². The number of nitrogens with zero attached hydrogens (tertiary/aromatic N) is 1. The van der Waals surface area contributed by atoms with E-state index in [0.29, 0.717) is 12.5 Å². The number of alkyl halides is 3. The lowest BCUT2D eigenvalue weighted by Crippen LogP contribution is -2.41. The molecule has 1 saturated carbocycles. The van der Waals surface area contributed by atoms with Crippen LogP contribution in [0, 0.1) is 0 Å². The molecule has 0 radical (unpaired) electrons. The van der Waals surface area contributed by atoms with Crippen LogP contribution in [-0.4, -0.2) is 17.2 Å². The largest absolute Gasteiger partial charge is 0.389 e. The number of thiazole rings is 1. The lowest BCUT2D eigenvalue weighted by Gasteiger charge is -2.29. The molecule has 2 nitrogen and oxygen atoms in total. The maximum absolute atomic E-state index is 12.2. The molecule has 0 aromatic carbocycles. The Morgan fingerprint density at radius 2 is 2.11 bits per heavy atom. The highest BCUT2D eigenvalue weighted by Crippen LogP contribution is 2.34. The molecule has 6 heteroatoms. The number of hydrogen-bond donors (Lipinski definition) is 1. The van der Waals surface area contributed by atoms with Crippen molar-refractivity contribution in [2.75, 3.05) is 0 Å². The van der Waals surface area contributed by atoms with E-state index in [1.165, 1.54) is 11.3 Å². The molecule has 0 amide bonds. The molecule has 1 aliphatic rings. The molecule has 102 valence electrons. The number of aromatic nitrogens is 1. The fourth-order valence-electron chi connectivity index (χ4n) is 2.06. The van der Waals surface area contributed by atoms with Crippen molar-refractivity contribution >= 4 is 11.3 Å². The van der Waals surface area contributed by atoms with Crippen LogP contribution in [-0.2, 0) is 5.54 Å². The third kappa shape index (κ3) is 3.95. The van der Waals surface area contributed by atoms with Crippen molar-refractivity contribution in [2.24, 2.45) is 0 Å². The summed E-state index contributed by atoms with van der Waals surface area (Å²) in [6.07, 6.45) is -0.253. The van der Waals surface area contributed by atoms with E-state index in [9.17, 15) is 13.2 Å². The second kappa shape index (κ2) is 5.17. The van der Waals surface area contributed by atoms with Crippen LogP contribution >= 0.6 is 11.3 Å². The zero-order valence-electron chi connectivity index (χ0n) is 10.3. The molecule has 1 N–H and O–H groups in total. The van der Waals surface area contributed by atoms with Gasteiger partial charge >= 0.3 is 6.18 Å². The highest BCUT2D eigenvalue weighted by Gasteiger charge is 2.36. The van der Waals surface area contributed by atoms with E-state index >= 15 is 0 Å². The Morgan fingerprint density at radius 1 is 1.39 bits per heavy atom. The Labute approximate surface area is 109 Å². The van der Waals surface area contributed by atoms with E-state index in [0.717, 1.165) is 17.8 Å². The molecular formula is C12H17F3N2S. The third-order valence-electron chi connectivity index (χ3n) is 3.14.